The van der Waals surface area contributed by atoms with E-state index in [2.05, 4.69) is 20.9 Å². The van der Waals surface area contributed by atoms with Crippen molar-refractivity contribution in [2.24, 2.45) is 0 Å². The molecule has 0 unspecified atom stereocenters. The van der Waals surface area contributed by atoms with Crippen LogP contribution in [0.25, 0.3) is 11.0 Å². The molecular weight excluding hydrogens is 385 g/mol. The van der Waals surface area contributed by atoms with Gasteiger partial charge in [0.05, 0.1) is 18.3 Å². The summed E-state index contributed by atoms with van der Waals surface area (Å²) in [6.07, 6.45) is 1.94. The zero-order valence-electron chi connectivity index (χ0n) is 15.8. The summed E-state index contributed by atoms with van der Waals surface area (Å²) in [5.41, 5.74) is 2.52. The molecule has 3 aromatic rings. The number of nitrogens with zero attached hydrogens (tertiary/aromatic N) is 3. The van der Waals surface area contributed by atoms with Gasteiger partial charge in [0.2, 0.25) is 0 Å². The normalized spacial score (nSPS) is 14.8. The third-order valence-corrected chi connectivity index (χ3v) is 5.20. The summed E-state index contributed by atoms with van der Waals surface area (Å²) in [4.78, 5) is 12.6. The van der Waals surface area contributed by atoms with E-state index in [1.807, 2.05) is 18.5 Å². The largest absolute Gasteiger partial charge is 0.459 e. The highest BCUT2D eigenvalue weighted by Gasteiger charge is 2.23. The van der Waals surface area contributed by atoms with Crippen LogP contribution in [0.1, 0.15) is 46.4 Å². The van der Waals surface area contributed by atoms with Crippen LogP contribution in [0.2, 0.25) is 0 Å². The Hall–Kier alpha value is -2.45. The van der Waals surface area contributed by atoms with Crippen LogP contribution in [0.5, 0.6) is 0 Å². The molecule has 9 heteroatoms. The number of hydrogen-bond donors (Lipinski definition) is 2. The third-order valence-electron chi connectivity index (χ3n) is 5.20. The van der Waals surface area contributed by atoms with Crippen LogP contribution < -0.4 is 10.6 Å². The number of nitrogens with one attached hydrogen (secondary N) is 2. The first kappa shape index (κ1) is 20.3. The Morgan fingerprint density at radius 2 is 2.11 bits per heavy atom. The van der Waals surface area contributed by atoms with E-state index in [0.717, 1.165) is 37.2 Å². The van der Waals surface area contributed by atoms with Crippen molar-refractivity contribution >= 4 is 29.3 Å². The molecule has 2 aromatic heterocycles. The first-order chi connectivity index (χ1) is 13.0. The number of carbonyl (C=O) groups excluding carboxylic acids is 1. The predicted molar refractivity (Wildman–Crippen MR) is 105 cm³/mol. The molecule has 28 heavy (non-hydrogen) atoms. The number of halogens is 2. The van der Waals surface area contributed by atoms with Gasteiger partial charge in [0.25, 0.3) is 5.91 Å². The van der Waals surface area contributed by atoms with Crippen LogP contribution >= 0.6 is 12.4 Å². The number of hydrogen-bond acceptors (Lipinski definition) is 5. The van der Waals surface area contributed by atoms with Crippen molar-refractivity contribution in [3.05, 3.63) is 46.7 Å². The molecule has 1 aromatic carbocycles. The lowest BCUT2D eigenvalue weighted by atomic mass is 10.1. The highest BCUT2D eigenvalue weighted by molar-refractivity contribution is 5.93. The quantitative estimate of drug-likeness (QED) is 0.694. The number of fused-ring (bicyclic) bond motifs is 1. The third kappa shape index (κ3) is 3.74. The van der Waals surface area contributed by atoms with E-state index in [9.17, 15) is 9.18 Å². The number of aryl methyl sites for hydroxylation is 1. The van der Waals surface area contributed by atoms with Gasteiger partial charge in [-0.2, -0.15) is 0 Å². The molecule has 3 heterocycles. The van der Waals surface area contributed by atoms with Crippen molar-refractivity contribution in [2.75, 3.05) is 13.1 Å². The van der Waals surface area contributed by atoms with Gasteiger partial charge in [-0.05, 0) is 58.0 Å². The maximum atomic E-state index is 13.4. The number of piperidine rings is 1. The summed E-state index contributed by atoms with van der Waals surface area (Å²) in [7, 11) is 0. The number of rotatable bonds is 4. The molecule has 150 valence electrons. The predicted octanol–water partition coefficient (Wildman–Crippen LogP) is 3.06. The SMILES string of the molecule is Cc1c(CNC(=O)c2nnn(C3CCNCC3)c2C)oc2ccc(F)cc12.Cl. The summed E-state index contributed by atoms with van der Waals surface area (Å²) >= 11 is 0. The fourth-order valence-corrected chi connectivity index (χ4v) is 3.61. The zero-order valence-corrected chi connectivity index (χ0v) is 16.6. The standard InChI is InChI=1S/C19H22FN5O2.ClH/c1-11-15-9-13(20)3-4-16(15)27-17(11)10-22-19(26)18-12(2)25(24-23-18)14-5-7-21-8-6-14;/h3-4,9,14,21H,5-8,10H2,1-2H3,(H,22,26);1H. The summed E-state index contributed by atoms with van der Waals surface area (Å²) in [6.45, 7) is 5.81. The van der Waals surface area contributed by atoms with Crippen molar-refractivity contribution in [1.82, 2.24) is 25.6 Å². The number of carbonyl (C=O) groups is 1. The van der Waals surface area contributed by atoms with Crippen LogP contribution in [0.3, 0.4) is 0 Å². The van der Waals surface area contributed by atoms with Gasteiger partial charge in [-0.1, -0.05) is 5.21 Å². The second-order valence-corrected chi connectivity index (χ2v) is 6.92. The molecule has 4 rings (SSSR count). The molecule has 1 saturated heterocycles. The first-order valence-electron chi connectivity index (χ1n) is 9.13. The van der Waals surface area contributed by atoms with E-state index >= 15 is 0 Å². The lowest BCUT2D eigenvalue weighted by Gasteiger charge is -2.23. The van der Waals surface area contributed by atoms with Crippen LogP contribution in [0, 0.1) is 19.7 Å². The van der Waals surface area contributed by atoms with E-state index in [-0.39, 0.29) is 36.7 Å². The van der Waals surface area contributed by atoms with E-state index in [1.165, 1.54) is 12.1 Å². The zero-order chi connectivity index (χ0) is 19.0. The fraction of sp³-hybridized carbons (Fsp3) is 0.421. The highest BCUT2D eigenvalue weighted by atomic mass is 35.5. The van der Waals surface area contributed by atoms with Crippen molar-refractivity contribution in [3.8, 4) is 0 Å². The van der Waals surface area contributed by atoms with Crippen LogP contribution in [0.15, 0.2) is 22.6 Å². The molecule has 1 amide bonds. The molecule has 1 aliphatic rings. The number of amides is 1. The molecule has 0 aliphatic carbocycles. The highest BCUT2D eigenvalue weighted by Crippen LogP contribution is 2.26. The Morgan fingerprint density at radius 1 is 1.36 bits per heavy atom. The Balaban J connectivity index is 0.00000225. The number of aromatic nitrogens is 3. The van der Waals surface area contributed by atoms with Crippen LogP contribution in [-0.4, -0.2) is 34.0 Å². The number of benzene rings is 1. The van der Waals surface area contributed by atoms with Gasteiger partial charge in [-0.3, -0.25) is 4.79 Å². The molecule has 0 bridgehead atoms. The van der Waals surface area contributed by atoms with Gasteiger partial charge < -0.3 is 15.1 Å². The molecule has 1 fully saturated rings. The van der Waals surface area contributed by atoms with Crippen LogP contribution in [-0.2, 0) is 6.54 Å². The maximum absolute atomic E-state index is 13.4. The van der Waals surface area contributed by atoms with E-state index < -0.39 is 0 Å². The Labute approximate surface area is 168 Å². The minimum absolute atomic E-state index is 0. The average molecular weight is 408 g/mol. The lowest BCUT2D eigenvalue weighted by Crippen LogP contribution is -2.30. The van der Waals surface area contributed by atoms with Crippen molar-refractivity contribution in [1.29, 1.82) is 0 Å². The molecule has 0 atom stereocenters. The fourth-order valence-electron chi connectivity index (χ4n) is 3.61. The molecule has 7 nitrogen and oxygen atoms in total. The Morgan fingerprint density at radius 3 is 2.86 bits per heavy atom. The van der Waals surface area contributed by atoms with E-state index in [0.29, 0.717) is 22.4 Å². The van der Waals surface area contributed by atoms with E-state index in [1.54, 1.807) is 6.07 Å². The van der Waals surface area contributed by atoms with Gasteiger partial charge in [-0.15, -0.1) is 17.5 Å². The van der Waals surface area contributed by atoms with Crippen molar-refractivity contribution in [2.45, 2.75) is 39.3 Å². The average Bonchev–Trinajstić information content (AvgIpc) is 3.21. The van der Waals surface area contributed by atoms with Crippen LogP contribution in [0.4, 0.5) is 4.39 Å². The van der Waals surface area contributed by atoms with E-state index in [4.69, 9.17) is 4.42 Å². The summed E-state index contributed by atoms with van der Waals surface area (Å²) in [5.74, 6) is -0.00166. The summed E-state index contributed by atoms with van der Waals surface area (Å²) < 4.78 is 21.0. The molecule has 0 radical (unpaired) electrons. The van der Waals surface area contributed by atoms with Gasteiger partial charge in [-0.25, -0.2) is 9.07 Å². The monoisotopic (exact) mass is 407 g/mol. The topological polar surface area (TPSA) is 85.0 Å². The first-order valence-corrected chi connectivity index (χ1v) is 9.13. The Bertz CT molecular complexity index is 994. The van der Waals surface area contributed by atoms with Crippen molar-refractivity contribution in [3.63, 3.8) is 0 Å². The van der Waals surface area contributed by atoms with Gasteiger partial charge in [0, 0.05) is 10.9 Å². The lowest BCUT2D eigenvalue weighted by molar-refractivity contribution is 0.0942. The molecule has 1 aliphatic heterocycles. The maximum Gasteiger partial charge on any atom is 0.274 e. The van der Waals surface area contributed by atoms with Crippen molar-refractivity contribution < 1.29 is 13.6 Å². The molecule has 0 saturated carbocycles. The molecular formula is C19H23ClFN5O2. The second kappa shape index (κ2) is 8.28. The van der Waals surface area contributed by atoms with Gasteiger partial charge in [0.15, 0.2) is 5.69 Å². The minimum Gasteiger partial charge on any atom is -0.459 e. The second-order valence-electron chi connectivity index (χ2n) is 6.92. The minimum atomic E-state index is -0.313. The molecule has 0 spiro atoms. The summed E-state index contributed by atoms with van der Waals surface area (Å²) in [6, 6.07) is 4.66. The van der Waals surface area contributed by atoms with Gasteiger partial charge in [0.1, 0.15) is 17.2 Å². The Kier molecular flexibility index (Phi) is 6.00. The smallest absolute Gasteiger partial charge is 0.274 e. The molecule has 2 N–H and O–H groups in total. The summed E-state index contributed by atoms with van der Waals surface area (Å²) in [5, 5.41) is 15.1. The van der Waals surface area contributed by atoms with Gasteiger partial charge >= 0.3 is 0 Å². The number of furan rings is 1.